The van der Waals surface area contributed by atoms with Gasteiger partial charge in [-0.05, 0) is 44.4 Å². The smallest absolute Gasteiger partial charge is 0.256 e. The van der Waals surface area contributed by atoms with Crippen LogP contribution in [0, 0.1) is 13.8 Å². The molecule has 0 bridgehead atoms. The summed E-state index contributed by atoms with van der Waals surface area (Å²) < 4.78 is 1.67. The number of carbonyl (C=O) groups excluding carboxylic acids is 2. The van der Waals surface area contributed by atoms with Gasteiger partial charge >= 0.3 is 0 Å². The Morgan fingerprint density at radius 3 is 2.38 bits per heavy atom. The Hall–Kier alpha value is -3.16. The summed E-state index contributed by atoms with van der Waals surface area (Å²) in [7, 11) is 0. The first kappa shape index (κ1) is 24.0. The Labute approximate surface area is 205 Å². The number of rotatable bonds is 7. The maximum Gasteiger partial charge on any atom is 0.256 e. The number of nitrogens with one attached hydrogen (secondary N) is 2. The Morgan fingerprint density at radius 1 is 1.03 bits per heavy atom. The predicted molar refractivity (Wildman–Crippen MR) is 134 cm³/mol. The van der Waals surface area contributed by atoms with E-state index in [0.717, 1.165) is 37.2 Å². The van der Waals surface area contributed by atoms with Crippen LogP contribution in [0.3, 0.4) is 0 Å². The minimum atomic E-state index is -0.196. The van der Waals surface area contributed by atoms with Gasteiger partial charge in [-0.1, -0.05) is 59.6 Å². The van der Waals surface area contributed by atoms with E-state index in [2.05, 4.69) is 20.6 Å². The number of likely N-dealkylation sites (tertiary alicyclic amines) is 1. The molecule has 1 saturated heterocycles. The van der Waals surface area contributed by atoms with E-state index in [0.29, 0.717) is 29.5 Å². The molecule has 7 nitrogen and oxygen atoms in total. The number of para-hydroxylation sites is 1. The lowest BCUT2D eigenvalue weighted by Gasteiger charge is -2.31. The van der Waals surface area contributed by atoms with Gasteiger partial charge < -0.3 is 10.6 Å². The maximum absolute atomic E-state index is 13.0. The first-order valence-corrected chi connectivity index (χ1v) is 11.9. The number of nitrogens with zero attached hydrogens (tertiary/aromatic N) is 3. The van der Waals surface area contributed by atoms with E-state index < -0.39 is 0 Å². The van der Waals surface area contributed by atoms with E-state index in [-0.39, 0.29) is 17.9 Å². The van der Waals surface area contributed by atoms with Crippen LogP contribution in [0.1, 0.15) is 40.0 Å². The summed E-state index contributed by atoms with van der Waals surface area (Å²) in [5.41, 5.74) is 4.10. The number of hydrogen-bond acceptors (Lipinski definition) is 4. The second-order valence-electron chi connectivity index (χ2n) is 8.83. The Kier molecular flexibility index (Phi) is 7.65. The topological polar surface area (TPSA) is 79.3 Å². The van der Waals surface area contributed by atoms with Crippen LogP contribution < -0.4 is 10.6 Å². The molecular formula is C26H30ClN5O2. The maximum atomic E-state index is 13.0. The molecule has 0 spiro atoms. The molecule has 1 fully saturated rings. The van der Waals surface area contributed by atoms with E-state index in [1.807, 2.05) is 61.5 Å². The Bertz CT molecular complexity index is 1140. The van der Waals surface area contributed by atoms with Crippen LogP contribution in [0.4, 0.5) is 5.69 Å². The van der Waals surface area contributed by atoms with Gasteiger partial charge in [-0.15, -0.1) is 0 Å². The summed E-state index contributed by atoms with van der Waals surface area (Å²) in [4.78, 5) is 27.4. The fraction of sp³-hybridized carbons (Fsp3) is 0.346. The van der Waals surface area contributed by atoms with Crippen molar-refractivity contribution in [2.24, 2.45) is 0 Å². The van der Waals surface area contributed by atoms with Crippen molar-refractivity contribution in [1.29, 1.82) is 0 Å². The molecule has 1 aliphatic heterocycles. The monoisotopic (exact) mass is 479 g/mol. The van der Waals surface area contributed by atoms with Crippen molar-refractivity contribution in [2.45, 2.75) is 39.3 Å². The highest BCUT2D eigenvalue weighted by Gasteiger charge is 2.26. The predicted octanol–water partition coefficient (Wildman–Crippen LogP) is 4.03. The summed E-state index contributed by atoms with van der Waals surface area (Å²) in [5.74, 6) is -0.227. The molecule has 0 atom stereocenters. The van der Waals surface area contributed by atoms with Crippen molar-refractivity contribution < 1.29 is 9.59 Å². The van der Waals surface area contributed by atoms with Gasteiger partial charge in [0.1, 0.15) is 5.15 Å². The first-order chi connectivity index (χ1) is 16.4. The quantitative estimate of drug-likeness (QED) is 0.536. The van der Waals surface area contributed by atoms with Gasteiger partial charge in [-0.25, -0.2) is 4.68 Å². The SMILES string of the molecule is Cc1ccc(Cn2nc(C)c(C(=O)NC3CCN(CC(=O)Nc4ccccc4)CC3)c2Cl)cc1. The van der Waals surface area contributed by atoms with Crippen molar-refractivity contribution in [3.8, 4) is 0 Å². The number of benzene rings is 2. The number of piperidine rings is 1. The fourth-order valence-corrected chi connectivity index (χ4v) is 4.52. The average molecular weight is 480 g/mol. The van der Waals surface area contributed by atoms with Gasteiger partial charge in [0.05, 0.1) is 24.3 Å². The van der Waals surface area contributed by atoms with Crippen molar-refractivity contribution in [2.75, 3.05) is 25.0 Å². The molecule has 0 aliphatic carbocycles. The van der Waals surface area contributed by atoms with E-state index in [4.69, 9.17) is 11.6 Å². The number of anilines is 1. The van der Waals surface area contributed by atoms with Crippen molar-refractivity contribution in [1.82, 2.24) is 20.0 Å². The summed E-state index contributed by atoms with van der Waals surface area (Å²) in [6.07, 6.45) is 1.55. The van der Waals surface area contributed by atoms with Gasteiger partial charge in [0.2, 0.25) is 5.91 Å². The highest BCUT2D eigenvalue weighted by Crippen LogP contribution is 2.22. The molecule has 3 aromatic rings. The minimum Gasteiger partial charge on any atom is -0.349 e. The molecule has 34 heavy (non-hydrogen) atoms. The molecule has 0 radical (unpaired) electrons. The highest BCUT2D eigenvalue weighted by molar-refractivity contribution is 6.33. The zero-order chi connectivity index (χ0) is 24.1. The molecule has 0 unspecified atom stereocenters. The minimum absolute atomic E-state index is 0.0305. The standard InChI is InChI=1S/C26H30ClN5O2/c1-18-8-10-20(11-9-18)16-32-25(27)24(19(2)30-32)26(34)29-22-12-14-31(15-13-22)17-23(33)28-21-6-4-3-5-7-21/h3-11,22H,12-17H2,1-2H3,(H,28,33)(H,29,34). The molecule has 1 aromatic heterocycles. The third-order valence-corrected chi connectivity index (χ3v) is 6.48. The Morgan fingerprint density at radius 2 is 1.71 bits per heavy atom. The average Bonchev–Trinajstić information content (AvgIpc) is 3.10. The van der Waals surface area contributed by atoms with Crippen molar-refractivity contribution in [3.63, 3.8) is 0 Å². The van der Waals surface area contributed by atoms with Crippen LogP contribution in [0.5, 0.6) is 0 Å². The molecule has 0 saturated carbocycles. The van der Waals surface area contributed by atoms with Crippen molar-refractivity contribution in [3.05, 3.63) is 82.1 Å². The van der Waals surface area contributed by atoms with Gasteiger partial charge in [0.15, 0.2) is 0 Å². The van der Waals surface area contributed by atoms with Crippen LogP contribution in [-0.4, -0.2) is 52.2 Å². The van der Waals surface area contributed by atoms with E-state index in [1.165, 1.54) is 5.56 Å². The number of hydrogen-bond donors (Lipinski definition) is 2. The van der Waals surface area contributed by atoms with Gasteiger partial charge in [-0.3, -0.25) is 14.5 Å². The summed E-state index contributed by atoms with van der Waals surface area (Å²) in [6.45, 7) is 6.18. The van der Waals surface area contributed by atoms with E-state index in [1.54, 1.807) is 11.6 Å². The number of aromatic nitrogens is 2. The van der Waals surface area contributed by atoms with Crippen LogP contribution in [0.25, 0.3) is 0 Å². The zero-order valence-electron chi connectivity index (χ0n) is 19.6. The molecule has 2 N–H and O–H groups in total. The van der Waals surface area contributed by atoms with Crippen LogP contribution in [0.15, 0.2) is 54.6 Å². The number of carbonyl (C=O) groups is 2. The highest BCUT2D eigenvalue weighted by atomic mass is 35.5. The lowest BCUT2D eigenvalue weighted by Crippen LogP contribution is -2.46. The van der Waals surface area contributed by atoms with Crippen LogP contribution in [-0.2, 0) is 11.3 Å². The van der Waals surface area contributed by atoms with E-state index >= 15 is 0 Å². The van der Waals surface area contributed by atoms with Gasteiger partial charge in [0.25, 0.3) is 5.91 Å². The van der Waals surface area contributed by atoms with Gasteiger partial charge in [0, 0.05) is 24.8 Å². The first-order valence-electron chi connectivity index (χ1n) is 11.6. The fourth-order valence-electron chi connectivity index (χ4n) is 4.20. The molecule has 8 heteroatoms. The zero-order valence-corrected chi connectivity index (χ0v) is 20.3. The van der Waals surface area contributed by atoms with Crippen LogP contribution in [0.2, 0.25) is 5.15 Å². The molecule has 1 aliphatic rings. The van der Waals surface area contributed by atoms with Crippen molar-refractivity contribution >= 4 is 29.1 Å². The summed E-state index contributed by atoms with van der Waals surface area (Å²) in [6, 6.07) is 17.7. The largest absolute Gasteiger partial charge is 0.349 e. The Balaban J connectivity index is 1.28. The molecule has 4 rings (SSSR count). The normalized spacial score (nSPS) is 14.7. The summed E-state index contributed by atoms with van der Waals surface area (Å²) in [5, 5.41) is 10.9. The number of halogens is 1. The van der Waals surface area contributed by atoms with Crippen LogP contribution >= 0.6 is 11.6 Å². The lowest BCUT2D eigenvalue weighted by molar-refractivity contribution is -0.117. The molecule has 178 valence electrons. The summed E-state index contributed by atoms with van der Waals surface area (Å²) >= 11 is 6.56. The molecular weight excluding hydrogens is 450 g/mol. The molecule has 2 aromatic carbocycles. The molecule has 2 amide bonds. The van der Waals surface area contributed by atoms with E-state index in [9.17, 15) is 9.59 Å². The van der Waals surface area contributed by atoms with Gasteiger partial charge in [-0.2, -0.15) is 5.10 Å². The molecule has 2 heterocycles. The number of amides is 2. The third kappa shape index (κ3) is 6.04. The third-order valence-electron chi connectivity index (χ3n) is 6.09. The lowest BCUT2D eigenvalue weighted by atomic mass is 10.0. The second-order valence-corrected chi connectivity index (χ2v) is 9.19. The number of aryl methyl sites for hydroxylation is 2. The second kappa shape index (κ2) is 10.8.